The van der Waals surface area contributed by atoms with E-state index in [1.807, 2.05) is 25.3 Å². The molecule has 1 aliphatic rings. The van der Waals surface area contributed by atoms with Gasteiger partial charge in [0.25, 0.3) is 0 Å². The molecule has 0 radical (unpaired) electrons. The molecule has 0 bridgehead atoms. The summed E-state index contributed by atoms with van der Waals surface area (Å²) in [6, 6.07) is 3.98. The summed E-state index contributed by atoms with van der Waals surface area (Å²) in [7, 11) is -3.13. The lowest BCUT2D eigenvalue weighted by Gasteiger charge is -2.29. The number of sulfonamides is 1. The number of H-pyrrole nitrogens is 1. The van der Waals surface area contributed by atoms with E-state index in [-0.39, 0.29) is 12.1 Å². The van der Waals surface area contributed by atoms with Gasteiger partial charge in [-0.1, -0.05) is 0 Å². The van der Waals surface area contributed by atoms with E-state index in [4.69, 9.17) is 4.74 Å². The first-order valence-corrected chi connectivity index (χ1v) is 9.38. The Morgan fingerprint density at radius 2 is 2.00 bits per heavy atom. The van der Waals surface area contributed by atoms with Crippen molar-refractivity contribution in [2.45, 2.75) is 44.8 Å². The molecule has 0 spiro atoms. The van der Waals surface area contributed by atoms with Crippen molar-refractivity contribution in [1.29, 1.82) is 0 Å². The van der Waals surface area contributed by atoms with Gasteiger partial charge in [0.1, 0.15) is 5.75 Å². The monoisotopic (exact) mass is 323 g/mol. The van der Waals surface area contributed by atoms with Gasteiger partial charge in [0, 0.05) is 17.0 Å². The average Bonchev–Trinajstić information content (AvgIpc) is 2.92. The molecule has 1 aromatic heterocycles. The molecule has 0 unspecified atom stereocenters. The van der Waals surface area contributed by atoms with Crippen LogP contribution in [0.5, 0.6) is 5.75 Å². The normalized spacial score (nSPS) is 22.8. The Morgan fingerprint density at radius 3 is 2.68 bits per heavy atom. The van der Waals surface area contributed by atoms with E-state index >= 15 is 0 Å². The van der Waals surface area contributed by atoms with Crippen LogP contribution in [-0.2, 0) is 10.0 Å². The molecule has 1 aliphatic carbocycles. The van der Waals surface area contributed by atoms with Crippen molar-refractivity contribution in [3.05, 3.63) is 23.9 Å². The number of hydrogen-bond acceptors (Lipinski definition) is 4. The molecule has 2 N–H and O–H groups in total. The van der Waals surface area contributed by atoms with Gasteiger partial charge in [-0.2, -0.15) is 5.10 Å². The van der Waals surface area contributed by atoms with Crippen LogP contribution in [0.1, 0.15) is 31.2 Å². The second-order valence-corrected chi connectivity index (χ2v) is 7.78. The Bertz CT molecular complexity index is 761. The molecule has 0 saturated heterocycles. The summed E-state index contributed by atoms with van der Waals surface area (Å²) in [5, 5.41) is 8.07. The Morgan fingerprint density at radius 1 is 1.27 bits per heavy atom. The Labute approximate surface area is 130 Å². The molecule has 1 saturated carbocycles. The molecule has 6 nitrogen and oxygen atoms in total. The summed E-state index contributed by atoms with van der Waals surface area (Å²) in [6.07, 6.45) is 6.49. The van der Waals surface area contributed by atoms with E-state index < -0.39 is 10.0 Å². The Balaban J connectivity index is 1.63. The molecule has 1 heterocycles. The number of rotatable bonds is 4. The number of nitrogens with zero attached hydrogens (tertiary/aromatic N) is 1. The predicted molar refractivity (Wildman–Crippen MR) is 85.5 cm³/mol. The molecule has 1 aromatic carbocycles. The zero-order chi connectivity index (χ0) is 15.7. The van der Waals surface area contributed by atoms with Crippen molar-refractivity contribution in [2.75, 3.05) is 6.26 Å². The van der Waals surface area contributed by atoms with Gasteiger partial charge in [-0.25, -0.2) is 13.1 Å². The highest BCUT2D eigenvalue weighted by Gasteiger charge is 2.24. The highest BCUT2D eigenvalue weighted by molar-refractivity contribution is 7.88. The average molecular weight is 323 g/mol. The molecule has 1 fully saturated rings. The molecule has 0 aliphatic heterocycles. The van der Waals surface area contributed by atoms with Crippen LogP contribution in [0.15, 0.2) is 18.3 Å². The Kier molecular flexibility index (Phi) is 4.10. The van der Waals surface area contributed by atoms with Crippen LogP contribution in [0.4, 0.5) is 0 Å². The number of ether oxygens (including phenoxy) is 1. The van der Waals surface area contributed by atoms with Gasteiger partial charge in [0.05, 0.1) is 24.1 Å². The highest BCUT2D eigenvalue weighted by Crippen LogP contribution is 2.30. The van der Waals surface area contributed by atoms with E-state index in [0.717, 1.165) is 47.9 Å². The van der Waals surface area contributed by atoms with Gasteiger partial charge in [0.2, 0.25) is 10.0 Å². The second kappa shape index (κ2) is 5.89. The van der Waals surface area contributed by atoms with Gasteiger partial charge < -0.3 is 4.74 Å². The largest absolute Gasteiger partial charge is 0.490 e. The standard InChI is InChI=1S/C15H21N3O3S/c1-10-13-9-16-17-14(13)7-8-15(10)21-12-5-3-11(4-6-12)18-22(2,19)20/h7-9,11-12,18H,3-6H2,1-2H3,(H,16,17)/t11-,12+. The first-order chi connectivity index (χ1) is 10.4. The molecule has 22 heavy (non-hydrogen) atoms. The fraction of sp³-hybridized carbons (Fsp3) is 0.533. The summed E-state index contributed by atoms with van der Waals surface area (Å²) >= 11 is 0. The van der Waals surface area contributed by atoms with Crippen molar-refractivity contribution >= 4 is 20.9 Å². The van der Waals surface area contributed by atoms with Crippen LogP contribution in [0.3, 0.4) is 0 Å². The fourth-order valence-corrected chi connectivity index (χ4v) is 3.89. The lowest BCUT2D eigenvalue weighted by molar-refractivity contribution is 0.143. The lowest BCUT2D eigenvalue weighted by atomic mass is 9.93. The minimum Gasteiger partial charge on any atom is -0.490 e. The quantitative estimate of drug-likeness (QED) is 0.902. The van der Waals surface area contributed by atoms with E-state index in [9.17, 15) is 8.42 Å². The SMILES string of the molecule is Cc1c(O[C@H]2CC[C@@H](NS(C)(=O)=O)CC2)ccc2[nH]ncc12. The van der Waals surface area contributed by atoms with Crippen LogP contribution in [-0.4, -0.2) is 37.0 Å². The van der Waals surface area contributed by atoms with Gasteiger partial charge in [-0.15, -0.1) is 0 Å². The van der Waals surface area contributed by atoms with E-state index in [2.05, 4.69) is 14.9 Å². The third kappa shape index (κ3) is 3.41. The summed E-state index contributed by atoms with van der Waals surface area (Å²) in [4.78, 5) is 0. The number of benzene rings is 1. The van der Waals surface area contributed by atoms with Gasteiger partial charge >= 0.3 is 0 Å². The van der Waals surface area contributed by atoms with Crippen molar-refractivity contribution < 1.29 is 13.2 Å². The van der Waals surface area contributed by atoms with Crippen molar-refractivity contribution in [2.24, 2.45) is 0 Å². The maximum absolute atomic E-state index is 11.3. The smallest absolute Gasteiger partial charge is 0.208 e. The Hall–Kier alpha value is -1.60. The van der Waals surface area contributed by atoms with Gasteiger partial charge in [0.15, 0.2) is 0 Å². The number of nitrogens with one attached hydrogen (secondary N) is 2. The topological polar surface area (TPSA) is 84.1 Å². The molecule has 3 rings (SSSR count). The summed E-state index contributed by atoms with van der Waals surface area (Å²) < 4.78 is 31.3. The molecule has 7 heteroatoms. The highest BCUT2D eigenvalue weighted by atomic mass is 32.2. The van der Waals surface area contributed by atoms with Crippen molar-refractivity contribution in [3.63, 3.8) is 0 Å². The zero-order valence-corrected chi connectivity index (χ0v) is 13.6. The number of fused-ring (bicyclic) bond motifs is 1. The molecule has 2 aromatic rings. The van der Waals surface area contributed by atoms with E-state index in [1.165, 1.54) is 6.26 Å². The van der Waals surface area contributed by atoms with E-state index in [0.29, 0.717) is 0 Å². The number of aromatic nitrogens is 2. The van der Waals surface area contributed by atoms with Crippen molar-refractivity contribution in [3.8, 4) is 5.75 Å². The zero-order valence-electron chi connectivity index (χ0n) is 12.8. The van der Waals surface area contributed by atoms with E-state index in [1.54, 1.807) is 0 Å². The van der Waals surface area contributed by atoms with Gasteiger partial charge in [-0.05, 0) is 44.7 Å². The molecular formula is C15H21N3O3S. The minimum absolute atomic E-state index is 0.0345. The van der Waals surface area contributed by atoms with Crippen LogP contribution in [0, 0.1) is 6.92 Å². The lowest BCUT2D eigenvalue weighted by Crippen LogP contribution is -2.39. The number of hydrogen-bond donors (Lipinski definition) is 2. The maximum atomic E-state index is 11.3. The van der Waals surface area contributed by atoms with Gasteiger partial charge in [-0.3, -0.25) is 5.10 Å². The third-order valence-electron chi connectivity index (χ3n) is 4.19. The van der Waals surface area contributed by atoms with Crippen LogP contribution in [0.2, 0.25) is 0 Å². The minimum atomic E-state index is -3.13. The first kappa shape index (κ1) is 15.3. The second-order valence-electron chi connectivity index (χ2n) is 6.00. The first-order valence-electron chi connectivity index (χ1n) is 7.49. The molecule has 0 amide bonds. The number of aromatic amines is 1. The summed E-state index contributed by atoms with van der Waals surface area (Å²) in [5.41, 5.74) is 2.09. The summed E-state index contributed by atoms with van der Waals surface area (Å²) in [6.45, 7) is 2.03. The number of aryl methyl sites for hydroxylation is 1. The predicted octanol–water partition coefficient (Wildman–Crippen LogP) is 2.11. The van der Waals surface area contributed by atoms with Crippen LogP contribution >= 0.6 is 0 Å². The van der Waals surface area contributed by atoms with Crippen molar-refractivity contribution in [1.82, 2.24) is 14.9 Å². The third-order valence-corrected chi connectivity index (χ3v) is 4.95. The van der Waals surface area contributed by atoms with Crippen LogP contribution < -0.4 is 9.46 Å². The summed E-state index contributed by atoms with van der Waals surface area (Å²) in [5.74, 6) is 0.883. The molecule has 120 valence electrons. The fourth-order valence-electron chi connectivity index (χ4n) is 3.05. The maximum Gasteiger partial charge on any atom is 0.208 e. The molecule has 0 atom stereocenters. The van der Waals surface area contributed by atoms with Crippen LogP contribution in [0.25, 0.3) is 10.9 Å². The molecular weight excluding hydrogens is 302 g/mol.